The summed E-state index contributed by atoms with van der Waals surface area (Å²) < 4.78 is 9.97. The van der Waals surface area contributed by atoms with Crippen LogP contribution in [0.25, 0.3) is 11.0 Å². The molecule has 0 bridgehead atoms. The maximum Gasteiger partial charge on any atom is 0.344 e. The van der Waals surface area contributed by atoms with E-state index in [4.69, 9.17) is 14.6 Å². The highest BCUT2D eigenvalue weighted by Crippen LogP contribution is 2.34. The smallest absolute Gasteiger partial charge is 0.344 e. The Labute approximate surface area is 170 Å². The largest absolute Gasteiger partial charge is 0.483 e. The van der Waals surface area contributed by atoms with E-state index in [9.17, 15) is 9.90 Å². The minimum absolute atomic E-state index is 0.0614. The number of rotatable bonds is 6. The topological polar surface area (TPSA) is 137 Å². The van der Waals surface area contributed by atoms with Crippen LogP contribution < -0.4 is 10.1 Å². The number of carboxylic acid groups (broad SMARTS) is 2. The number of H-pyrrole nitrogens is 1. The number of benzene rings is 1. The lowest BCUT2D eigenvalue weighted by Crippen LogP contribution is -2.16. The molecule has 3 aromatic rings. The third-order valence-corrected chi connectivity index (χ3v) is 5.42. The summed E-state index contributed by atoms with van der Waals surface area (Å²) in [5.41, 5.74) is 1.75. The van der Waals surface area contributed by atoms with Crippen molar-refractivity contribution in [2.45, 2.75) is 32.1 Å². The minimum Gasteiger partial charge on any atom is -0.483 e. The number of aromatic nitrogens is 3. The van der Waals surface area contributed by atoms with Crippen molar-refractivity contribution < 1.29 is 24.5 Å². The van der Waals surface area contributed by atoms with Crippen molar-refractivity contribution in [3.63, 3.8) is 0 Å². The van der Waals surface area contributed by atoms with Gasteiger partial charge in [-0.05, 0) is 42.4 Å². The number of ether oxygens (including phenoxy) is 1. The first-order chi connectivity index (χ1) is 14.1. The van der Waals surface area contributed by atoms with E-state index in [1.165, 1.54) is 19.3 Å². The van der Waals surface area contributed by atoms with E-state index in [1.54, 1.807) is 0 Å². The molecule has 4 N–H and O–H groups in total. The molecule has 1 aromatic carbocycles. The van der Waals surface area contributed by atoms with Crippen LogP contribution in [0.5, 0.6) is 5.88 Å². The summed E-state index contributed by atoms with van der Waals surface area (Å²) in [5, 5.41) is 19.9. The summed E-state index contributed by atoms with van der Waals surface area (Å²) in [4.78, 5) is 27.6. The minimum atomic E-state index is -1.06. The molecule has 154 valence electrons. The second kappa shape index (κ2) is 9.87. The van der Waals surface area contributed by atoms with Crippen LogP contribution in [-0.2, 0) is 4.79 Å². The molecule has 0 unspecified atom stereocenters. The Morgan fingerprint density at radius 1 is 1.31 bits per heavy atom. The molecule has 1 aliphatic carbocycles. The van der Waals surface area contributed by atoms with Gasteiger partial charge in [0.1, 0.15) is 5.00 Å². The summed E-state index contributed by atoms with van der Waals surface area (Å²) in [6.45, 7) is 0.272. The average Bonchev–Trinajstić information content (AvgIpc) is 3.31. The molecule has 1 aliphatic rings. The van der Waals surface area contributed by atoms with Gasteiger partial charge < -0.3 is 25.3 Å². The van der Waals surface area contributed by atoms with E-state index in [1.807, 2.05) is 24.3 Å². The zero-order chi connectivity index (χ0) is 20.6. The van der Waals surface area contributed by atoms with Crippen molar-refractivity contribution in [1.82, 2.24) is 14.3 Å². The number of fused-ring (bicyclic) bond motifs is 1. The van der Waals surface area contributed by atoms with Crippen LogP contribution in [0.2, 0.25) is 0 Å². The highest BCUT2D eigenvalue weighted by Gasteiger charge is 2.24. The van der Waals surface area contributed by atoms with Crippen molar-refractivity contribution in [1.29, 1.82) is 0 Å². The predicted molar refractivity (Wildman–Crippen MR) is 109 cm³/mol. The van der Waals surface area contributed by atoms with Crippen LogP contribution in [-0.4, -0.2) is 43.6 Å². The van der Waals surface area contributed by atoms with Crippen LogP contribution in [0.4, 0.5) is 10.9 Å². The Balaban J connectivity index is 0.000000755. The van der Waals surface area contributed by atoms with Crippen molar-refractivity contribution in [3.8, 4) is 5.88 Å². The van der Waals surface area contributed by atoms with Crippen LogP contribution in [0.1, 0.15) is 42.5 Å². The Hall–Kier alpha value is -3.14. The number of nitrogens with one attached hydrogen (secondary N) is 2. The quantitative estimate of drug-likeness (QED) is 0.439. The first-order valence-corrected chi connectivity index (χ1v) is 10.0. The van der Waals surface area contributed by atoms with Gasteiger partial charge in [0.25, 0.3) is 6.47 Å². The zero-order valence-corrected chi connectivity index (χ0v) is 16.4. The molecule has 4 rings (SSSR count). The molecule has 0 saturated heterocycles. The fourth-order valence-electron chi connectivity index (χ4n) is 3.32. The highest BCUT2D eigenvalue weighted by molar-refractivity contribution is 7.11. The lowest BCUT2D eigenvalue weighted by molar-refractivity contribution is -0.122. The predicted octanol–water partition coefficient (Wildman–Crippen LogP) is 4.12. The molecule has 0 amide bonds. The van der Waals surface area contributed by atoms with Gasteiger partial charge in [-0.2, -0.15) is 4.37 Å². The van der Waals surface area contributed by atoms with Crippen molar-refractivity contribution in [2.24, 2.45) is 5.92 Å². The molecule has 2 aromatic heterocycles. The molecule has 0 atom stereocenters. The van der Waals surface area contributed by atoms with Gasteiger partial charge in [0.2, 0.25) is 11.8 Å². The molecule has 1 fully saturated rings. The van der Waals surface area contributed by atoms with Gasteiger partial charge in [0.05, 0.1) is 17.6 Å². The molecule has 9 nitrogen and oxygen atoms in total. The third-order valence-electron chi connectivity index (χ3n) is 4.68. The second-order valence-electron chi connectivity index (χ2n) is 6.65. The van der Waals surface area contributed by atoms with E-state index in [0.717, 1.165) is 35.4 Å². The summed E-state index contributed by atoms with van der Waals surface area (Å²) in [7, 11) is 0. The van der Waals surface area contributed by atoms with E-state index in [-0.39, 0.29) is 17.9 Å². The Morgan fingerprint density at radius 3 is 2.72 bits per heavy atom. The lowest BCUT2D eigenvalue weighted by Gasteiger charge is -2.21. The Bertz CT molecular complexity index is 932. The molecule has 10 heteroatoms. The van der Waals surface area contributed by atoms with Gasteiger partial charge in [0, 0.05) is 0 Å². The summed E-state index contributed by atoms with van der Waals surface area (Å²) in [6, 6.07) is 7.62. The van der Waals surface area contributed by atoms with Crippen LogP contribution in [0.3, 0.4) is 0 Å². The molecule has 2 heterocycles. The van der Waals surface area contributed by atoms with Crippen LogP contribution in [0.15, 0.2) is 24.3 Å². The van der Waals surface area contributed by atoms with Gasteiger partial charge in [0.15, 0.2) is 5.56 Å². The summed E-state index contributed by atoms with van der Waals surface area (Å²) in [6.07, 6.45) is 5.98. The molecule has 0 radical (unpaired) electrons. The maximum atomic E-state index is 11.7. The van der Waals surface area contributed by atoms with E-state index in [2.05, 4.69) is 19.7 Å². The number of para-hydroxylation sites is 2. The summed E-state index contributed by atoms with van der Waals surface area (Å²) in [5.74, 6) is 0.0951. The lowest BCUT2D eigenvalue weighted by atomic mass is 9.90. The number of hydrogen-bond donors (Lipinski definition) is 4. The molecule has 0 spiro atoms. The third kappa shape index (κ3) is 5.23. The number of anilines is 2. The zero-order valence-electron chi connectivity index (χ0n) is 15.6. The van der Waals surface area contributed by atoms with Gasteiger partial charge in [-0.3, -0.25) is 4.79 Å². The van der Waals surface area contributed by atoms with Crippen LogP contribution >= 0.6 is 11.5 Å². The highest BCUT2D eigenvalue weighted by atomic mass is 32.1. The van der Waals surface area contributed by atoms with Gasteiger partial charge in [-0.15, -0.1) is 0 Å². The van der Waals surface area contributed by atoms with Crippen molar-refractivity contribution in [3.05, 3.63) is 29.8 Å². The number of aromatic carboxylic acids is 1. The molecular weight excluding hydrogens is 396 g/mol. The van der Waals surface area contributed by atoms with Gasteiger partial charge >= 0.3 is 5.97 Å². The number of aromatic amines is 1. The first-order valence-electron chi connectivity index (χ1n) is 9.27. The standard InChI is InChI=1S/C18H20N4O3S.CH2O2/c23-17(24)14-15(25-10-11-6-2-1-3-7-11)22-26-16(14)21-18-19-12-8-4-5-9-13(12)20-18;2-1-3/h4-5,8-9,11H,1-3,6-7,10H2,(H,23,24)(H2,19,20,21);1H,(H,2,3). The average molecular weight is 418 g/mol. The SMILES string of the molecule is O=C(O)c1c(OCC2CCCCC2)nsc1Nc1nc2ccccc2[nH]1.O=CO. The van der Waals surface area contributed by atoms with Crippen molar-refractivity contribution in [2.75, 3.05) is 11.9 Å². The molecule has 1 saturated carbocycles. The van der Waals surface area contributed by atoms with Crippen LogP contribution in [0, 0.1) is 5.92 Å². The Kier molecular flexibility index (Phi) is 7.01. The fourth-order valence-corrected chi connectivity index (χ4v) is 4.04. The second-order valence-corrected chi connectivity index (χ2v) is 7.42. The number of imidazole rings is 1. The van der Waals surface area contributed by atoms with E-state index < -0.39 is 5.97 Å². The first kappa shape index (κ1) is 20.6. The monoisotopic (exact) mass is 418 g/mol. The van der Waals surface area contributed by atoms with E-state index in [0.29, 0.717) is 23.5 Å². The number of nitrogens with zero attached hydrogens (tertiary/aromatic N) is 2. The normalized spacial score (nSPS) is 14.1. The fraction of sp³-hybridized carbons (Fsp3) is 0.368. The molecular formula is C19H22N4O5S. The number of hydrogen-bond acceptors (Lipinski definition) is 7. The number of carbonyl (C=O) groups is 2. The van der Waals surface area contributed by atoms with Gasteiger partial charge in [-0.25, -0.2) is 9.78 Å². The maximum absolute atomic E-state index is 11.7. The number of carboxylic acids is 1. The molecule has 0 aliphatic heterocycles. The Morgan fingerprint density at radius 2 is 2.03 bits per heavy atom. The van der Waals surface area contributed by atoms with Crippen molar-refractivity contribution >= 4 is 46.0 Å². The summed E-state index contributed by atoms with van der Waals surface area (Å²) >= 11 is 1.07. The molecule has 29 heavy (non-hydrogen) atoms. The van der Waals surface area contributed by atoms with E-state index >= 15 is 0 Å². The van der Waals surface area contributed by atoms with Gasteiger partial charge in [-0.1, -0.05) is 31.4 Å².